The predicted molar refractivity (Wildman–Crippen MR) is 76.9 cm³/mol. The number of aryl methyl sites for hydroxylation is 1. The van der Waals surface area contributed by atoms with Crippen LogP contribution >= 0.6 is 0 Å². The molecule has 18 heavy (non-hydrogen) atoms. The van der Waals surface area contributed by atoms with Crippen molar-refractivity contribution >= 4 is 11.0 Å². The zero-order chi connectivity index (χ0) is 13.2. The third kappa shape index (κ3) is 3.33. The van der Waals surface area contributed by atoms with Gasteiger partial charge in [0.05, 0.1) is 11.0 Å². The van der Waals surface area contributed by atoms with Crippen molar-refractivity contribution in [2.75, 3.05) is 6.54 Å². The fourth-order valence-corrected chi connectivity index (χ4v) is 2.00. The van der Waals surface area contributed by atoms with E-state index in [-0.39, 0.29) is 5.54 Å². The first kappa shape index (κ1) is 13.1. The number of imidazole rings is 1. The number of nitrogens with one attached hydrogen (secondary N) is 2. The highest BCUT2D eigenvalue weighted by molar-refractivity contribution is 5.75. The molecule has 2 aromatic rings. The van der Waals surface area contributed by atoms with Gasteiger partial charge in [0.15, 0.2) is 0 Å². The van der Waals surface area contributed by atoms with E-state index in [1.54, 1.807) is 0 Å². The first-order valence-electron chi connectivity index (χ1n) is 6.70. The van der Waals surface area contributed by atoms with Crippen LogP contribution in [0.2, 0.25) is 0 Å². The first-order chi connectivity index (χ1) is 8.48. The molecule has 0 aliphatic heterocycles. The van der Waals surface area contributed by atoms with E-state index in [0.29, 0.717) is 0 Å². The Labute approximate surface area is 109 Å². The standard InChI is InChI=1S/C15H23N3/c1-5-11-6-7-12-13(10-11)18-14(17-12)8-9-16-15(2,3)4/h6-7,10,16H,5,8-9H2,1-4H3,(H,17,18). The Hall–Kier alpha value is -1.35. The average molecular weight is 245 g/mol. The molecule has 98 valence electrons. The number of hydrogen-bond donors (Lipinski definition) is 2. The average Bonchev–Trinajstić information content (AvgIpc) is 2.68. The molecule has 0 fully saturated rings. The Bertz CT molecular complexity index is 520. The summed E-state index contributed by atoms with van der Waals surface area (Å²) < 4.78 is 0. The van der Waals surface area contributed by atoms with Crippen LogP contribution in [0.1, 0.15) is 39.1 Å². The third-order valence-electron chi connectivity index (χ3n) is 3.02. The van der Waals surface area contributed by atoms with Gasteiger partial charge in [-0.1, -0.05) is 13.0 Å². The number of fused-ring (bicyclic) bond motifs is 1. The number of aromatic nitrogens is 2. The second-order valence-corrected chi connectivity index (χ2v) is 5.82. The monoisotopic (exact) mass is 245 g/mol. The van der Waals surface area contributed by atoms with Crippen molar-refractivity contribution in [1.82, 2.24) is 15.3 Å². The molecule has 0 unspecified atom stereocenters. The van der Waals surface area contributed by atoms with E-state index in [0.717, 1.165) is 36.2 Å². The van der Waals surface area contributed by atoms with Gasteiger partial charge in [-0.2, -0.15) is 0 Å². The lowest BCUT2D eigenvalue weighted by molar-refractivity contribution is 0.428. The molecule has 0 saturated carbocycles. The predicted octanol–water partition coefficient (Wildman–Crippen LogP) is 3.06. The summed E-state index contributed by atoms with van der Waals surface area (Å²) in [5.41, 5.74) is 3.74. The highest BCUT2D eigenvalue weighted by Crippen LogP contribution is 2.14. The van der Waals surface area contributed by atoms with E-state index >= 15 is 0 Å². The van der Waals surface area contributed by atoms with Gasteiger partial charge >= 0.3 is 0 Å². The summed E-state index contributed by atoms with van der Waals surface area (Å²) >= 11 is 0. The maximum atomic E-state index is 4.61. The van der Waals surface area contributed by atoms with Crippen molar-refractivity contribution in [3.63, 3.8) is 0 Å². The fraction of sp³-hybridized carbons (Fsp3) is 0.533. The smallest absolute Gasteiger partial charge is 0.108 e. The highest BCUT2D eigenvalue weighted by atomic mass is 15.0. The zero-order valence-corrected chi connectivity index (χ0v) is 11.8. The van der Waals surface area contributed by atoms with E-state index in [9.17, 15) is 0 Å². The second-order valence-electron chi connectivity index (χ2n) is 5.82. The lowest BCUT2D eigenvalue weighted by Gasteiger charge is -2.19. The molecule has 3 heteroatoms. The van der Waals surface area contributed by atoms with E-state index < -0.39 is 0 Å². The van der Waals surface area contributed by atoms with Crippen LogP contribution in [0.4, 0.5) is 0 Å². The van der Waals surface area contributed by atoms with Gasteiger partial charge in [-0.05, 0) is 44.9 Å². The Kier molecular flexibility index (Phi) is 3.71. The van der Waals surface area contributed by atoms with Gasteiger partial charge in [-0.15, -0.1) is 0 Å². The molecule has 0 radical (unpaired) electrons. The molecule has 1 aromatic heterocycles. The quantitative estimate of drug-likeness (QED) is 0.869. The van der Waals surface area contributed by atoms with Gasteiger partial charge in [0.1, 0.15) is 5.82 Å². The van der Waals surface area contributed by atoms with Gasteiger partial charge in [-0.3, -0.25) is 0 Å². The second kappa shape index (κ2) is 5.11. The third-order valence-corrected chi connectivity index (χ3v) is 3.02. The number of hydrogen-bond acceptors (Lipinski definition) is 2. The lowest BCUT2D eigenvalue weighted by atomic mass is 10.1. The van der Waals surface area contributed by atoms with Gasteiger partial charge in [0, 0.05) is 18.5 Å². The number of aromatic amines is 1. The molecule has 1 heterocycles. The number of H-pyrrole nitrogens is 1. The molecule has 0 aliphatic rings. The normalized spacial score (nSPS) is 12.2. The van der Waals surface area contributed by atoms with Crippen LogP contribution in [-0.4, -0.2) is 22.1 Å². The van der Waals surface area contributed by atoms with Crippen molar-refractivity contribution in [1.29, 1.82) is 0 Å². The van der Waals surface area contributed by atoms with Crippen LogP contribution in [0, 0.1) is 0 Å². The lowest BCUT2D eigenvalue weighted by Crippen LogP contribution is -2.37. The topological polar surface area (TPSA) is 40.7 Å². The summed E-state index contributed by atoms with van der Waals surface area (Å²) in [6.07, 6.45) is 2.00. The summed E-state index contributed by atoms with van der Waals surface area (Å²) in [5.74, 6) is 1.06. The minimum absolute atomic E-state index is 0.168. The van der Waals surface area contributed by atoms with Gasteiger partial charge in [-0.25, -0.2) is 4.98 Å². The molecule has 1 aromatic carbocycles. The molecule has 2 N–H and O–H groups in total. The largest absolute Gasteiger partial charge is 0.342 e. The van der Waals surface area contributed by atoms with Crippen LogP contribution in [0.5, 0.6) is 0 Å². The van der Waals surface area contributed by atoms with E-state index in [1.165, 1.54) is 5.56 Å². The highest BCUT2D eigenvalue weighted by Gasteiger charge is 2.09. The summed E-state index contributed by atoms with van der Waals surface area (Å²) in [7, 11) is 0. The molecule has 3 nitrogen and oxygen atoms in total. The molecular formula is C15H23N3. The van der Waals surface area contributed by atoms with E-state index in [4.69, 9.17) is 0 Å². The molecule has 0 spiro atoms. The maximum absolute atomic E-state index is 4.61. The van der Waals surface area contributed by atoms with Crippen LogP contribution < -0.4 is 5.32 Å². The van der Waals surface area contributed by atoms with Gasteiger partial charge < -0.3 is 10.3 Å². The van der Waals surface area contributed by atoms with Gasteiger partial charge in [0.25, 0.3) is 0 Å². The molecule has 0 amide bonds. The number of benzene rings is 1. The van der Waals surface area contributed by atoms with Crippen LogP contribution in [-0.2, 0) is 12.8 Å². The zero-order valence-electron chi connectivity index (χ0n) is 11.8. The van der Waals surface area contributed by atoms with Gasteiger partial charge in [0.2, 0.25) is 0 Å². The van der Waals surface area contributed by atoms with E-state index in [1.807, 2.05) is 0 Å². The summed E-state index contributed by atoms with van der Waals surface area (Å²) in [6, 6.07) is 6.45. The van der Waals surface area contributed by atoms with Crippen molar-refractivity contribution in [2.24, 2.45) is 0 Å². The molecule has 2 rings (SSSR count). The minimum Gasteiger partial charge on any atom is -0.342 e. The van der Waals surface area contributed by atoms with Crippen molar-refractivity contribution < 1.29 is 0 Å². The Morgan fingerprint density at radius 2 is 2.06 bits per heavy atom. The van der Waals surface area contributed by atoms with Crippen molar-refractivity contribution in [3.05, 3.63) is 29.6 Å². The van der Waals surface area contributed by atoms with Crippen LogP contribution in [0.25, 0.3) is 11.0 Å². The molecule has 0 aliphatic carbocycles. The van der Waals surface area contributed by atoms with Crippen LogP contribution in [0.3, 0.4) is 0 Å². The molecular weight excluding hydrogens is 222 g/mol. The molecule has 0 bridgehead atoms. The number of nitrogens with zero attached hydrogens (tertiary/aromatic N) is 1. The summed E-state index contributed by atoms with van der Waals surface area (Å²) in [5, 5.41) is 3.48. The van der Waals surface area contributed by atoms with E-state index in [2.05, 4.69) is 61.2 Å². The minimum atomic E-state index is 0.168. The fourth-order valence-electron chi connectivity index (χ4n) is 2.00. The first-order valence-corrected chi connectivity index (χ1v) is 6.70. The SMILES string of the molecule is CCc1ccc2nc(CCNC(C)(C)C)[nH]c2c1. The maximum Gasteiger partial charge on any atom is 0.108 e. The summed E-state index contributed by atoms with van der Waals surface area (Å²) in [6.45, 7) is 9.66. The molecule has 0 atom stereocenters. The Balaban J connectivity index is 2.06. The molecule has 0 saturated heterocycles. The Morgan fingerprint density at radius 3 is 2.72 bits per heavy atom. The Morgan fingerprint density at radius 1 is 1.28 bits per heavy atom. The van der Waals surface area contributed by atoms with Crippen LogP contribution in [0.15, 0.2) is 18.2 Å². The number of rotatable bonds is 4. The van der Waals surface area contributed by atoms with Crippen molar-refractivity contribution in [3.8, 4) is 0 Å². The van der Waals surface area contributed by atoms with Crippen molar-refractivity contribution in [2.45, 2.75) is 46.1 Å². The summed E-state index contributed by atoms with van der Waals surface area (Å²) in [4.78, 5) is 8.02.